The Labute approximate surface area is 102 Å². The van der Waals surface area contributed by atoms with Crippen molar-refractivity contribution in [2.45, 2.75) is 18.7 Å². The van der Waals surface area contributed by atoms with Crippen LogP contribution >= 0.6 is 11.8 Å². The number of hydrogen-bond acceptors (Lipinski definition) is 3. The van der Waals surface area contributed by atoms with E-state index in [4.69, 9.17) is 10.5 Å². The summed E-state index contributed by atoms with van der Waals surface area (Å²) in [6, 6.07) is 8.13. The van der Waals surface area contributed by atoms with Crippen LogP contribution in [0.5, 0.6) is 5.75 Å². The maximum absolute atomic E-state index is 5.41. The lowest BCUT2D eigenvalue weighted by Gasteiger charge is -2.05. The summed E-state index contributed by atoms with van der Waals surface area (Å²) in [7, 11) is 0. The van der Waals surface area contributed by atoms with Crippen molar-refractivity contribution in [3.05, 3.63) is 35.9 Å². The van der Waals surface area contributed by atoms with E-state index in [9.17, 15) is 0 Å². The summed E-state index contributed by atoms with van der Waals surface area (Å²) in [5.74, 6) is 1.91. The molecular formula is C13H19NOS. The van der Waals surface area contributed by atoms with Crippen molar-refractivity contribution in [3.8, 4) is 5.75 Å². The summed E-state index contributed by atoms with van der Waals surface area (Å²) in [6.45, 7) is 5.36. The maximum Gasteiger partial charge on any atom is 0.119 e. The van der Waals surface area contributed by atoms with Crippen molar-refractivity contribution in [1.82, 2.24) is 0 Å². The van der Waals surface area contributed by atoms with Crippen LogP contribution in [0, 0.1) is 0 Å². The van der Waals surface area contributed by atoms with Gasteiger partial charge >= 0.3 is 0 Å². The standard InChI is InChI=1S/C13H19NOS/c1-11(2)7-10-16-13-5-3-12(4-6-13)15-9-8-14/h3-7H,8-10,14H2,1-2H3. The highest BCUT2D eigenvalue weighted by Crippen LogP contribution is 2.21. The Kier molecular flexibility index (Phi) is 6.04. The number of benzene rings is 1. The summed E-state index contributed by atoms with van der Waals surface area (Å²) >= 11 is 1.82. The number of hydrogen-bond donors (Lipinski definition) is 1. The van der Waals surface area contributed by atoms with Crippen LogP contribution in [-0.2, 0) is 0 Å². The quantitative estimate of drug-likeness (QED) is 0.610. The van der Waals surface area contributed by atoms with E-state index in [-0.39, 0.29) is 0 Å². The molecule has 1 aromatic carbocycles. The molecule has 1 rings (SSSR count). The number of ether oxygens (including phenoxy) is 1. The van der Waals surface area contributed by atoms with Crippen molar-refractivity contribution >= 4 is 11.8 Å². The fraction of sp³-hybridized carbons (Fsp3) is 0.385. The lowest BCUT2D eigenvalue weighted by molar-refractivity contribution is 0.328. The van der Waals surface area contributed by atoms with Gasteiger partial charge < -0.3 is 10.5 Å². The molecule has 0 aromatic heterocycles. The molecule has 0 aliphatic rings. The van der Waals surface area contributed by atoms with E-state index in [1.54, 1.807) is 0 Å². The minimum atomic E-state index is 0.553. The second-order valence-corrected chi connectivity index (χ2v) is 4.79. The zero-order valence-corrected chi connectivity index (χ0v) is 10.7. The summed E-state index contributed by atoms with van der Waals surface area (Å²) in [5.41, 5.74) is 6.72. The SMILES string of the molecule is CC(C)=CCSc1ccc(OCCN)cc1. The topological polar surface area (TPSA) is 35.2 Å². The minimum absolute atomic E-state index is 0.553. The molecule has 0 saturated heterocycles. The average Bonchev–Trinajstić information content (AvgIpc) is 2.27. The fourth-order valence-electron chi connectivity index (χ4n) is 1.11. The van der Waals surface area contributed by atoms with E-state index in [0.717, 1.165) is 11.5 Å². The second-order valence-electron chi connectivity index (χ2n) is 3.70. The Morgan fingerprint density at radius 3 is 2.56 bits per heavy atom. The third-order valence-electron chi connectivity index (χ3n) is 1.95. The molecule has 0 aliphatic carbocycles. The highest BCUT2D eigenvalue weighted by atomic mass is 32.2. The van der Waals surface area contributed by atoms with Crippen LogP contribution < -0.4 is 10.5 Å². The molecule has 0 bridgehead atoms. The molecule has 0 radical (unpaired) electrons. The van der Waals surface area contributed by atoms with Crippen LogP contribution in [0.4, 0.5) is 0 Å². The molecule has 0 aliphatic heterocycles. The molecule has 0 spiro atoms. The molecule has 2 nitrogen and oxygen atoms in total. The number of nitrogens with two attached hydrogens (primary N) is 1. The van der Waals surface area contributed by atoms with Crippen LogP contribution in [0.15, 0.2) is 40.8 Å². The first kappa shape index (κ1) is 13.1. The zero-order chi connectivity index (χ0) is 11.8. The first-order chi connectivity index (χ1) is 7.72. The van der Waals surface area contributed by atoms with Gasteiger partial charge in [0, 0.05) is 17.2 Å². The predicted molar refractivity (Wildman–Crippen MR) is 71.1 cm³/mol. The monoisotopic (exact) mass is 237 g/mol. The van der Waals surface area contributed by atoms with E-state index < -0.39 is 0 Å². The Morgan fingerprint density at radius 1 is 1.31 bits per heavy atom. The van der Waals surface area contributed by atoms with Crippen molar-refractivity contribution in [2.75, 3.05) is 18.9 Å². The van der Waals surface area contributed by atoms with Crippen LogP contribution in [0.3, 0.4) is 0 Å². The molecule has 2 N–H and O–H groups in total. The molecule has 16 heavy (non-hydrogen) atoms. The zero-order valence-electron chi connectivity index (χ0n) is 9.90. The van der Waals surface area contributed by atoms with Gasteiger partial charge in [0.05, 0.1) is 0 Å². The highest BCUT2D eigenvalue weighted by Gasteiger charge is 1.95. The third-order valence-corrected chi connectivity index (χ3v) is 2.89. The smallest absolute Gasteiger partial charge is 0.119 e. The molecule has 0 amide bonds. The van der Waals surface area contributed by atoms with E-state index in [1.807, 2.05) is 23.9 Å². The van der Waals surface area contributed by atoms with Gasteiger partial charge in [0.25, 0.3) is 0 Å². The average molecular weight is 237 g/mol. The Bertz CT molecular complexity index is 328. The Balaban J connectivity index is 2.42. The van der Waals surface area contributed by atoms with Crippen molar-refractivity contribution in [3.63, 3.8) is 0 Å². The Hall–Kier alpha value is -0.930. The van der Waals surface area contributed by atoms with Gasteiger partial charge in [0.2, 0.25) is 0 Å². The highest BCUT2D eigenvalue weighted by molar-refractivity contribution is 7.99. The molecule has 0 fully saturated rings. The molecular weight excluding hydrogens is 218 g/mol. The normalized spacial score (nSPS) is 9.94. The lowest BCUT2D eigenvalue weighted by atomic mass is 10.3. The molecule has 0 atom stereocenters. The first-order valence-corrected chi connectivity index (χ1v) is 6.40. The van der Waals surface area contributed by atoms with Gasteiger partial charge in [-0.1, -0.05) is 11.6 Å². The van der Waals surface area contributed by atoms with Gasteiger partial charge in [-0.2, -0.15) is 0 Å². The molecule has 0 unspecified atom stereocenters. The largest absolute Gasteiger partial charge is 0.492 e. The van der Waals surface area contributed by atoms with Gasteiger partial charge in [0.1, 0.15) is 12.4 Å². The number of thioether (sulfide) groups is 1. The molecule has 88 valence electrons. The minimum Gasteiger partial charge on any atom is -0.492 e. The second kappa shape index (κ2) is 7.36. The predicted octanol–water partition coefficient (Wildman–Crippen LogP) is 3.08. The van der Waals surface area contributed by atoms with E-state index >= 15 is 0 Å². The Morgan fingerprint density at radius 2 is 2.00 bits per heavy atom. The first-order valence-electron chi connectivity index (χ1n) is 5.41. The van der Waals surface area contributed by atoms with Crippen LogP contribution in [0.1, 0.15) is 13.8 Å². The number of rotatable bonds is 6. The van der Waals surface area contributed by atoms with Gasteiger partial charge in [-0.15, -0.1) is 11.8 Å². The van der Waals surface area contributed by atoms with Crippen molar-refractivity contribution in [1.29, 1.82) is 0 Å². The summed E-state index contributed by atoms with van der Waals surface area (Å²) in [6.07, 6.45) is 2.23. The lowest BCUT2D eigenvalue weighted by Crippen LogP contribution is -2.10. The third kappa shape index (κ3) is 5.24. The number of allylic oxidation sites excluding steroid dienone is 1. The summed E-state index contributed by atoms with van der Waals surface area (Å²) in [5, 5.41) is 0. The molecule has 0 saturated carbocycles. The van der Waals surface area contributed by atoms with Gasteiger partial charge in [-0.3, -0.25) is 0 Å². The summed E-state index contributed by atoms with van der Waals surface area (Å²) < 4.78 is 5.41. The van der Waals surface area contributed by atoms with Gasteiger partial charge in [-0.25, -0.2) is 0 Å². The van der Waals surface area contributed by atoms with Crippen molar-refractivity contribution in [2.24, 2.45) is 5.73 Å². The fourth-order valence-corrected chi connectivity index (χ4v) is 2.05. The van der Waals surface area contributed by atoms with E-state index in [2.05, 4.69) is 32.1 Å². The summed E-state index contributed by atoms with van der Waals surface area (Å²) in [4.78, 5) is 1.26. The van der Waals surface area contributed by atoms with Crippen LogP contribution in [-0.4, -0.2) is 18.9 Å². The maximum atomic E-state index is 5.41. The molecule has 3 heteroatoms. The van der Waals surface area contributed by atoms with Gasteiger partial charge in [-0.05, 0) is 38.1 Å². The van der Waals surface area contributed by atoms with Crippen LogP contribution in [0.2, 0.25) is 0 Å². The van der Waals surface area contributed by atoms with E-state index in [1.165, 1.54) is 10.5 Å². The van der Waals surface area contributed by atoms with Crippen molar-refractivity contribution < 1.29 is 4.74 Å². The van der Waals surface area contributed by atoms with Crippen LogP contribution in [0.25, 0.3) is 0 Å². The van der Waals surface area contributed by atoms with Gasteiger partial charge in [0.15, 0.2) is 0 Å². The van der Waals surface area contributed by atoms with E-state index in [0.29, 0.717) is 13.2 Å². The molecule has 0 heterocycles. The molecule has 1 aromatic rings.